The minimum atomic E-state index is -0.686. The van der Waals surface area contributed by atoms with Crippen LogP contribution in [-0.4, -0.2) is 46.5 Å². The van der Waals surface area contributed by atoms with E-state index in [-0.39, 0.29) is 12.0 Å². The van der Waals surface area contributed by atoms with Gasteiger partial charge in [0.2, 0.25) is 0 Å². The van der Waals surface area contributed by atoms with E-state index in [1.807, 2.05) is 6.92 Å². The second kappa shape index (κ2) is 6.15. The number of aromatic nitrogens is 2. The molecule has 1 N–H and O–H groups in total. The van der Waals surface area contributed by atoms with E-state index < -0.39 is 5.60 Å². The van der Waals surface area contributed by atoms with Crippen molar-refractivity contribution in [2.24, 2.45) is 5.92 Å². The third-order valence-corrected chi connectivity index (χ3v) is 7.12. The summed E-state index contributed by atoms with van der Waals surface area (Å²) in [5.41, 5.74) is -0.686. The number of thiophene rings is 1. The number of ether oxygens (including phenoxy) is 1. The zero-order valence-corrected chi connectivity index (χ0v) is 15.7. The van der Waals surface area contributed by atoms with Gasteiger partial charge in [0.15, 0.2) is 0 Å². The summed E-state index contributed by atoms with van der Waals surface area (Å²) in [5.74, 6) is 1.12. The standard InChI is InChI=1S/C20H23N3O2S/c1-20(24)8-10-25-11-14(20)15-6-4-9-23(15)18-17-13-5-2-3-7-16(13)26-19(17)22-12-21-18/h2-3,5,7,12,14-15,24H,4,6,8-11H2,1H3. The molecule has 0 radical (unpaired) electrons. The summed E-state index contributed by atoms with van der Waals surface area (Å²) in [6.45, 7) is 4.19. The molecule has 2 aromatic heterocycles. The SMILES string of the molecule is CC1(O)CCOCC1C1CCCN1c1ncnc2sc3ccccc3c12. The number of fused-ring (bicyclic) bond motifs is 3. The van der Waals surface area contributed by atoms with E-state index in [0.29, 0.717) is 19.6 Å². The molecule has 0 saturated carbocycles. The smallest absolute Gasteiger partial charge is 0.141 e. The minimum Gasteiger partial charge on any atom is -0.390 e. The van der Waals surface area contributed by atoms with E-state index in [4.69, 9.17) is 9.72 Å². The quantitative estimate of drug-likeness (QED) is 0.748. The highest BCUT2D eigenvalue weighted by atomic mass is 32.1. The Morgan fingerprint density at radius 2 is 2.19 bits per heavy atom. The molecule has 136 valence electrons. The Hall–Kier alpha value is -1.76. The molecule has 0 amide bonds. The fraction of sp³-hybridized carbons (Fsp3) is 0.500. The van der Waals surface area contributed by atoms with Crippen molar-refractivity contribution in [2.75, 3.05) is 24.7 Å². The summed E-state index contributed by atoms with van der Waals surface area (Å²) in [6.07, 6.45) is 4.56. The molecular formula is C20H23N3O2S. The summed E-state index contributed by atoms with van der Waals surface area (Å²) in [5, 5.41) is 13.3. The maximum Gasteiger partial charge on any atom is 0.141 e. The molecule has 2 aliphatic rings. The molecule has 3 aromatic rings. The molecule has 0 spiro atoms. The predicted octanol–water partition coefficient (Wildman–Crippen LogP) is 3.60. The van der Waals surface area contributed by atoms with Gasteiger partial charge in [-0.2, -0.15) is 0 Å². The van der Waals surface area contributed by atoms with Crippen LogP contribution >= 0.6 is 11.3 Å². The van der Waals surface area contributed by atoms with E-state index in [2.05, 4.69) is 34.1 Å². The molecule has 6 heteroatoms. The number of hydrogen-bond acceptors (Lipinski definition) is 6. The Kier molecular flexibility index (Phi) is 3.88. The minimum absolute atomic E-state index is 0.105. The number of hydrogen-bond donors (Lipinski definition) is 1. The number of rotatable bonds is 2. The van der Waals surface area contributed by atoms with Crippen LogP contribution in [0.15, 0.2) is 30.6 Å². The summed E-state index contributed by atoms with van der Waals surface area (Å²) in [4.78, 5) is 12.7. The number of anilines is 1. The first-order chi connectivity index (χ1) is 12.6. The van der Waals surface area contributed by atoms with E-state index in [1.54, 1.807) is 17.7 Å². The van der Waals surface area contributed by atoms with Crippen molar-refractivity contribution in [3.8, 4) is 0 Å². The lowest BCUT2D eigenvalue weighted by atomic mass is 9.79. The fourth-order valence-corrected chi connectivity index (χ4v) is 5.65. The zero-order valence-electron chi connectivity index (χ0n) is 14.9. The van der Waals surface area contributed by atoms with Gasteiger partial charge in [-0.25, -0.2) is 9.97 Å². The van der Waals surface area contributed by atoms with Gasteiger partial charge in [0.1, 0.15) is 17.0 Å². The van der Waals surface area contributed by atoms with E-state index in [0.717, 1.165) is 35.4 Å². The number of aliphatic hydroxyl groups is 1. The van der Waals surface area contributed by atoms with Crippen LogP contribution in [0.4, 0.5) is 5.82 Å². The molecule has 4 heterocycles. The summed E-state index contributed by atoms with van der Waals surface area (Å²) in [7, 11) is 0. The second-order valence-electron chi connectivity index (χ2n) is 7.67. The summed E-state index contributed by atoms with van der Waals surface area (Å²) >= 11 is 1.72. The molecule has 5 rings (SSSR count). The highest BCUT2D eigenvalue weighted by molar-refractivity contribution is 7.25. The first kappa shape index (κ1) is 16.4. The normalized spacial score (nSPS) is 29.7. The van der Waals surface area contributed by atoms with Crippen molar-refractivity contribution < 1.29 is 9.84 Å². The van der Waals surface area contributed by atoms with E-state index in [9.17, 15) is 5.11 Å². The van der Waals surface area contributed by atoms with E-state index >= 15 is 0 Å². The Morgan fingerprint density at radius 1 is 1.31 bits per heavy atom. The maximum absolute atomic E-state index is 11.0. The third-order valence-electron chi connectivity index (χ3n) is 6.04. The van der Waals surface area contributed by atoms with Gasteiger partial charge >= 0.3 is 0 Å². The van der Waals surface area contributed by atoms with Crippen molar-refractivity contribution in [2.45, 2.75) is 37.8 Å². The number of benzene rings is 1. The molecule has 5 nitrogen and oxygen atoms in total. The third kappa shape index (κ3) is 2.51. The van der Waals surface area contributed by atoms with Crippen molar-refractivity contribution >= 4 is 37.5 Å². The molecule has 26 heavy (non-hydrogen) atoms. The monoisotopic (exact) mass is 369 g/mol. The second-order valence-corrected chi connectivity index (χ2v) is 8.70. The molecule has 3 unspecified atom stereocenters. The van der Waals surface area contributed by atoms with Gasteiger partial charge in [-0.3, -0.25) is 0 Å². The van der Waals surface area contributed by atoms with Crippen LogP contribution in [0.1, 0.15) is 26.2 Å². The van der Waals surface area contributed by atoms with Crippen molar-refractivity contribution in [1.82, 2.24) is 9.97 Å². The topological polar surface area (TPSA) is 58.5 Å². The Bertz CT molecular complexity index is 955. The highest BCUT2D eigenvalue weighted by Crippen LogP contribution is 2.42. The Labute approximate surface area is 156 Å². The lowest BCUT2D eigenvalue weighted by Crippen LogP contribution is -2.52. The average Bonchev–Trinajstić information content (AvgIpc) is 3.25. The van der Waals surface area contributed by atoms with Crippen LogP contribution < -0.4 is 4.90 Å². The van der Waals surface area contributed by atoms with Gasteiger partial charge in [0, 0.05) is 35.2 Å². The molecular weight excluding hydrogens is 346 g/mol. The van der Waals surface area contributed by atoms with Crippen LogP contribution in [0.2, 0.25) is 0 Å². The van der Waals surface area contributed by atoms with Gasteiger partial charge in [-0.15, -0.1) is 11.3 Å². The van der Waals surface area contributed by atoms with Crippen LogP contribution in [0.5, 0.6) is 0 Å². The number of nitrogens with zero attached hydrogens (tertiary/aromatic N) is 3. The first-order valence-electron chi connectivity index (χ1n) is 9.34. The van der Waals surface area contributed by atoms with Gasteiger partial charge in [-0.05, 0) is 32.3 Å². The predicted molar refractivity (Wildman–Crippen MR) is 105 cm³/mol. The van der Waals surface area contributed by atoms with Gasteiger partial charge < -0.3 is 14.7 Å². The molecule has 2 aliphatic heterocycles. The first-order valence-corrected chi connectivity index (χ1v) is 10.2. The summed E-state index contributed by atoms with van der Waals surface area (Å²) < 4.78 is 6.98. The van der Waals surface area contributed by atoms with E-state index in [1.165, 1.54) is 10.1 Å². The molecule has 0 bridgehead atoms. The zero-order chi connectivity index (χ0) is 17.7. The van der Waals surface area contributed by atoms with Crippen LogP contribution in [0, 0.1) is 5.92 Å². The largest absolute Gasteiger partial charge is 0.390 e. The average molecular weight is 369 g/mol. The highest BCUT2D eigenvalue weighted by Gasteiger charge is 2.44. The molecule has 2 fully saturated rings. The molecule has 2 saturated heterocycles. The van der Waals surface area contributed by atoms with Crippen molar-refractivity contribution in [1.29, 1.82) is 0 Å². The molecule has 3 atom stereocenters. The Morgan fingerprint density at radius 3 is 3.08 bits per heavy atom. The van der Waals surface area contributed by atoms with Crippen molar-refractivity contribution in [3.63, 3.8) is 0 Å². The lowest BCUT2D eigenvalue weighted by Gasteiger charge is -2.43. The van der Waals surface area contributed by atoms with Crippen LogP contribution in [-0.2, 0) is 4.74 Å². The lowest BCUT2D eigenvalue weighted by molar-refractivity contribution is -0.108. The molecule has 1 aromatic carbocycles. The maximum atomic E-state index is 11.0. The summed E-state index contributed by atoms with van der Waals surface area (Å²) in [6, 6.07) is 8.70. The molecule has 0 aliphatic carbocycles. The fourth-order valence-electron chi connectivity index (χ4n) is 4.61. The Balaban J connectivity index is 1.62. The van der Waals surface area contributed by atoms with Crippen LogP contribution in [0.25, 0.3) is 20.3 Å². The van der Waals surface area contributed by atoms with Crippen molar-refractivity contribution in [3.05, 3.63) is 30.6 Å². The van der Waals surface area contributed by atoms with Crippen LogP contribution in [0.3, 0.4) is 0 Å². The van der Waals surface area contributed by atoms with Gasteiger partial charge in [-0.1, -0.05) is 18.2 Å². The van der Waals surface area contributed by atoms with Gasteiger partial charge in [0.25, 0.3) is 0 Å². The van der Waals surface area contributed by atoms with Gasteiger partial charge in [0.05, 0.1) is 17.6 Å².